The number of halogens is 3. The normalized spacial score (nSPS) is 11.8. The van der Waals surface area contributed by atoms with Gasteiger partial charge < -0.3 is 14.5 Å². The molecule has 0 spiro atoms. The van der Waals surface area contributed by atoms with Gasteiger partial charge in [0.05, 0.1) is 29.2 Å². The summed E-state index contributed by atoms with van der Waals surface area (Å²) in [5.74, 6) is 1.19. The molecule has 132 valence electrons. The number of rotatable bonds is 3. The number of nitrogens with one attached hydrogen (secondary N) is 1. The van der Waals surface area contributed by atoms with Crippen LogP contribution in [-0.4, -0.2) is 16.5 Å². The molecule has 2 heterocycles. The molecule has 0 fully saturated rings. The average molecular weight is 357 g/mol. The Kier molecular flexibility index (Phi) is 3.72. The van der Waals surface area contributed by atoms with E-state index in [0.29, 0.717) is 17.1 Å². The van der Waals surface area contributed by atoms with Crippen molar-refractivity contribution in [3.8, 4) is 5.75 Å². The van der Waals surface area contributed by atoms with Gasteiger partial charge in [0, 0.05) is 11.9 Å². The lowest BCUT2D eigenvalue weighted by Gasteiger charge is -2.13. The van der Waals surface area contributed by atoms with Crippen LogP contribution < -0.4 is 10.1 Å². The van der Waals surface area contributed by atoms with E-state index in [9.17, 15) is 13.2 Å². The Morgan fingerprint density at radius 2 is 1.77 bits per heavy atom. The van der Waals surface area contributed by atoms with Crippen molar-refractivity contribution in [2.24, 2.45) is 0 Å². The number of methoxy groups -OCH3 is 1. The maximum atomic E-state index is 13.0. The van der Waals surface area contributed by atoms with E-state index >= 15 is 0 Å². The maximum Gasteiger partial charge on any atom is 0.416 e. The minimum absolute atomic E-state index is 0.263. The lowest BCUT2D eigenvalue weighted by molar-refractivity contribution is -0.137. The second-order valence-electron chi connectivity index (χ2n) is 5.78. The maximum absolute atomic E-state index is 13.0. The molecule has 0 bridgehead atoms. The SMILES string of the molecule is COc1ccc(Nc2nc3cc(C(F)(F)F)ccc3n3cccc23)cc1. The fourth-order valence-electron chi connectivity index (χ4n) is 2.86. The number of fused-ring (bicyclic) bond motifs is 3. The fourth-order valence-corrected chi connectivity index (χ4v) is 2.86. The summed E-state index contributed by atoms with van der Waals surface area (Å²) in [6.45, 7) is 0. The van der Waals surface area contributed by atoms with Crippen molar-refractivity contribution in [2.45, 2.75) is 6.18 Å². The second kappa shape index (κ2) is 5.94. The molecule has 0 aliphatic carbocycles. The number of hydrogen-bond donors (Lipinski definition) is 1. The fraction of sp³-hybridized carbons (Fsp3) is 0.105. The minimum atomic E-state index is -4.41. The predicted molar refractivity (Wildman–Crippen MR) is 94.0 cm³/mol. The van der Waals surface area contributed by atoms with Crippen molar-refractivity contribution < 1.29 is 17.9 Å². The first-order chi connectivity index (χ1) is 12.5. The van der Waals surface area contributed by atoms with Crippen LogP contribution in [0.3, 0.4) is 0 Å². The molecular weight excluding hydrogens is 343 g/mol. The zero-order chi connectivity index (χ0) is 18.3. The Balaban J connectivity index is 1.85. The molecule has 0 unspecified atom stereocenters. The molecule has 4 aromatic rings. The molecule has 0 aliphatic rings. The van der Waals surface area contributed by atoms with Crippen LogP contribution in [0.2, 0.25) is 0 Å². The summed E-state index contributed by atoms with van der Waals surface area (Å²) in [5.41, 5.74) is 1.68. The summed E-state index contributed by atoms with van der Waals surface area (Å²) in [5, 5.41) is 3.17. The molecule has 0 radical (unpaired) electrons. The van der Waals surface area contributed by atoms with Crippen LogP contribution >= 0.6 is 0 Å². The third-order valence-electron chi connectivity index (χ3n) is 4.14. The van der Waals surface area contributed by atoms with E-state index in [0.717, 1.165) is 23.3 Å². The van der Waals surface area contributed by atoms with E-state index in [1.165, 1.54) is 6.07 Å². The number of hydrogen-bond acceptors (Lipinski definition) is 3. The van der Waals surface area contributed by atoms with Gasteiger partial charge in [0.15, 0.2) is 5.82 Å². The first-order valence-electron chi connectivity index (χ1n) is 7.85. The smallest absolute Gasteiger partial charge is 0.416 e. The zero-order valence-corrected chi connectivity index (χ0v) is 13.7. The van der Waals surface area contributed by atoms with Gasteiger partial charge in [-0.2, -0.15) is 13.2 Å². The average Bonchev–Trinajstić information content (AvgIpc) is 3.11. The number of nitrogens with zero attached hydrogens (tertiary/aromatic N) is 2. The van der Waals surface area contributed by atoms with Crippen LogP contribution in [0.5, 0.6) is 5.75 Å². The zero-order valence-electron chi connectivity index (χ0n) is 13.7. The van der Waals surface area contributed by atoms with E-state index in [4.69, 9.17) is 4.74 Å². The number of alkyl halides is 3. The lowest BCUT2D eigenvalue weighted by Crippen LogP contribution is -2.06. The number of anilines is 2. The highest BCUT2D eigenvalue weighted by Gasteiger charge is 2.30. The van der Waals surface area contributed by atoms with Crippen molar-refractivity contribution >= 4 is 28.1 Å². The van der Waals surface area contributed by atoms with Gasteiger partial charge in [-0.25, -0.2) is 4.98 Å². The van der Waals surface area contributed by atoms with Gasteiger partial charge in [0.1, 0.15) is 5.75 Å². The summed E-state index contributed by atoms with van der Waals surface area (Å²) >= 11 is 0. The van der Waals surface area contributed by atoms with Gasteiger partial charge in [0.2, 0.25) is 0 Å². The quantitative estimate of drug-likeness (QED) is 0.544. The van der Waals surface area contributed by atoms with Gasteiger partial charge in [-0.1, -0.05) is 0 Å². The van der Waals surface area contributed by atoms with Gasteiger partial charge in [0.25, 0.3) is 0 Å². The number of ether oxygens (including phenoxy) is 1. The summed E-state index contributed by atoms with van der Waals surface area (Å²) in [6, 6.07) is 14.5. The van der Waals surface area contributed by atoms with Crippen LogP contribution in [0.25, 0.3) is 16.6 Å². The monoisotopic (exact) mass is 357 g/mol. The molecule has 2 aromatic carbocycles. The Morgan fingerprint density at radius 1 is 1.00 bits per heavy atom. The Labute approximate surface area is 146 Å². The molecule has 26 heavy (non-hydrogen) atoms. The Bertz CT molecular complexity index is 1090. The molecule has 2 aromatic heterocycles. The number of benzene rings is 2. The highest BCUT2D eigenvalue weighted by atomic mass is 19.4. The minimum Gasteiger partial charge on any atom is -0.497 e. The summed E-state index contributed by atoms with van der Waals surface area (Å²) < 4.78 is 46.0. The molecule has 0 saturated carbocycles. The third-order valence-corrected chi connectivity index (χ3v) is 4.14. The third kappa shape index (κ3) is 2.81. The Hall–Kier alpha value is -3.22. The Morgan fingerprint density at radius 3 is 2.46 bits per heavy atom. The molecule has 1 N–H and O–H groups in total. The molecule has 4 nitrogen and oxygen atoms in total. The molecule has 4 rings (SSSR count). The van der Waals surface area contributed by atoms with Crippen molar-refractivity contribution in [2.75, 3.05) is 12.4 Å². The highest BCUT2D eigenvalue weighted by Crippen LogP contribution is 2.32. The van der Waals surface area contributed by atoms with Crippen LogP contribution in [0.1, 0.15) is 5.56 Å². The summed E-state index contributed by atoms with van der Waals surface area (Å²) in [6.07, 6.45) is -2.61. The molecule has 7 heteroatoms. The van der Waals surface area contributed by atoms with Gasteiger partial charge in [-0.15, -0.1) is 0 Å². The van der Waals surface area contributed by atoms with E-state index in [2.05, 4.69) is 10.3 Å². The molecule has 0 atom stereocenters. The molecule has 0 saturated heterocycles. The van der Waals surface area contributed by atoms with Crippen molar-refractivity contribution in [1.82, 2.24) is 9.38 Å². The first kappa shape index (κ1) is 16.3. The standard InChI is InChI=1S/C19H14F3N3O/c1-26-14-7-5-13(6-8-14)23-18-17-3-2-10-25(17)16-9-4-12(19(20,21)22)11-15(16)24-18/h2-11H,1H3,(H,23,24). The summed E-state index contributed by atoms with van der Waals surface area (Å²) in [7, 11) is 1.58. The number of aromatic nitrogens is 2. The second-order valence-corrected chi connectivity index (χ2v) is 5.78. The van der Waals surface area contributed by atoms with Gasteiger partial charge >= 0.3 is 6.18 Å². The van der Waals surface area contributed by atoms with Crippen molar-refractivity contribution in [1.29, 1.82) is 0 Å². The first-order valence-corrected chi connectivity index (χ1v) is 7.85. The van der Waals surface area contributed by atoms with Crippen LogP contribution in [0, 0.1) is 0 Å². The predicted octanol–water partition coefficient (Wildman–Crippen LogP) is 5.26. The van der Waals surface area contributed by atoms with E-state index in [-0.39, 0.29) is 5.52 Å². The highest BCUT2D eigenvalue weighted by molar-refractivity contribution is 5.86. The largest absolute Gasteiger partial charge is 0.497 e. The van der Waals surface area contributed by atoms with Crippen LogP contribution in [0.15, 0.2) is 60.8 Å². The van der Waals surface area contributed by atoms with Crippen LogP contribution in [-0.2, 0) is 6.18 Å². The molecule has 0 aliphatic heterocycles. The van der Waals surface area contributed by atoms with Gasteiger partial charge in [-0.05, 0) is 54.6 Å². The summed E-state index contributed by atoms with van der Waals surface area (Å²) in [4.78, 5) is 4.42. The van der Waals surface area contributed by atoms with E-state index in [1.807, 2.05) is 28.7 Å². The van der Waals surface area contributed by atoms with Gasteiger partial charge in [-0.3, -0.25) is 0 Å². The molecular formula is C19H14F3N3O. The van der Waals surface area contributed by atoms with Crippen molar-refractivity contribution in [3.63, 3.8) is 0 Å². The lowest BCUT2D eigenvalue weighted by atomic mass is 10.2. The molecule has 0 amide bonds. The van der Waals surface area contributed by atoms with Crippen molar-refractivity contribution in [3.05, 3.63) is 66.4 Å². The van der Waals surface area contributed by atoms with E-state index < -0.39 is 11.7 Å². The van der Waals surface area contributed by atoms with Crippen LogP contribution in [0.4, 0.5) is 24.7 Å². The topological polar surface area (TPSA) is 38.6 Å². The van der Waals surface area contributed by atoms with E-state index in [1.54, 1.807) is 25.4 Å².